The Morgan fingerprint density at radius 1 is 1.56 bits per heavy atom. The minimum atomic E-state index is -0.202. The molecule has 0 radical (unpaired) electrons. The topological polar surface area (TPSA) is 57.0 Å². The Kier molecular flexibility index (Phi) is 5.39. The number of hydrogen-bond donors (Lipinski definition) is 0. The lowest BCUT2D eigenvalue weighted by atomic mass is 10.2. The molecule has 0 aliphatic carbocycles. The third-order valence-corrected chi connectivity index (χ3v) is 3.08. The van der Waals surface area contributed by atoms with Crippen molar-refractivity contribution in [1.82, 2.24) is 9.88 Å². The highest BCUT2D eigenvalue weighted by molar-refractivity contribution is 6.41. The number of rotatable bonds is 4. The summed E-state index contributed by atoms with van der Waals surface area (Å²) in [6.45, 7) is 4.16. The first-order valence-electron chi connectivity index (χ1n) is 5.46. The summed E-state index contributed by atoms with van der Waals surface area (Å²) in [5, 5.41) is 9.00. The molecule has 1 aromatic rings. The second kappa shape index (κ2) is 6.58. The van der Waals surface area contributed by atoms with Gasteiger partial charge in [0.15, 0.2) is 0 Å². The van der Waals surface area contributed by atoms with E-state index < -0.39 is 0 Å². The molecule has 0 atom stereocenters. The Morgan fingerprint density at radius 2 is 2.22 bits per heavy atom. The van der Waals surface area contributed by atoms with Gasteiger partial charge in [0.25, 0.3) is 5.91 Å². The van der Waals surface area contributed by atoms with Crippen molar-refractivity contribution in [3.05, 3.63) is 28.0 Å². The van der Waals surface area contributed by atoms with Gasteiger partial charge >= 0.3 is 0 Å². The molecule has 1 rings (SSSR count). The predicted octanol–water partition coefficient (Wildman–Crippen LogP) is 3.15. The maximum absolute atomic E-state index is 12.2. The van der Waals surface area contributed by atoms with Crippen molar-refractivity contribution in [2.45, 2.75) is 26.3 Å². The van der Waals surface area contributed by atoms with E-state index in [4.69, 9.17) is 28.5 Å². The molecule has 0 aliphatic rings. The van der Waals surface area contributed by atoms with Gasteiger partial charge in [-0.2, -0.15) is 5.26 Å². The SMILES string of the molecule is CC(C)N(CCC#N)C(=O)c1cnc(Cl)c(Cl)c1. The smallest absolute Gasteiger partial charge is 0.255 e. The van der Waals surface area contributed by atoms with E-state index in [2.05, 4.69) is 4.98 Å². The molecule has 0 N–H and O–H groups in total. The van der Waals surface area contributed by atoms with Crippen molar-refractivity contribution in [3.8, 4) is 6.07 Å². The summed E-state index contributed by atoms with van der Waals surface area (Å²) in [6.07, 6.45) is 1.68. The molecule has 6 heteroatoms. The van der Waals surface area contributed by atoms with Crippen LogP contribution in [0.5, 0.6) is 0 Å². The third-order valence-electron chi connectivity index (χ3n) is 2.39. The van der Waals surface area contributed by atoms with Crippen LogP contribution >= 0.6 is 23.2 Å². The van der Waals surface area contributed by atoms with Gasteiger partial charge in [-0.15, -0.1) is 0 Å². The van der Waals surface area contributed by atoms with Crippen LogP contribution < -0.4 is 0 Å². The Morgan fingerprint density at radius 3 is 2.72 bits per heavy atom. The molecular formula is C12H13Cl2N3O. The van der Waals surface area contributed by atoms with Crippen LogP contribution in [0.4, 0.5) is 0 Å². The lowest BCUT2D eigenvalue weighted by Crippen LogP contribution is -2.37. The maximum Gasteiger partial charge on any atom is 0.255 e. The summed E-state index contributed by atoms with van der Waals surface area (Å²) in [6, 6.07) is 3.51. The van der Waals surface area contributed by atoms with Crippen LogP contribution in [0.1, 0.15) is 30.6 Å². The zero-order chi connectivity index (χ0) is 13.7. The number of amides is 1. The zero-order valence-electron chi connectivity index (χ0n) is 10.2. The van der Waals surface area contributed by atoms with Gasteiger partial charge in [-0.1, -0.05) is 23.2 Å². The molecule has 0 saturated carbocycles. The van der Waals surface area contributed by atoms with E-state index in [9.17, 15) is 4.79 Å². The molecule has 0 aliphatic heterocycles. The molecule has 96 valence electrons. The number of nitrogens with zero attached hydrogens (tertiary/aromatic N) is 3. The van der Waals surface area contributed by atoms with Gasteiger partial charge in [0.2, 0.25) is 0 Å². The van der Waals surface area contributed by atoms with Gasteiger partial charge in [-0.3, -0.25) is 4.79 Å². The normalized spacial score (nSPS) is 10.2. The van der Waals surface area contributed by atoms with Crippen LogP contribution in [0.15, 0.2) is 12.3 Å². The fourth-order valence-corrected chi connectivity index (χ4v) is 1.74. The van der Waals surface area contributed by atoms with Crippen LogP contribution in [0.3, 0.4) is 0 Å². The minimum absolute atomic E-state index is 0.000281. The molecule has 0 aromatic carbocycles. The van der Waals surface area contributed by atoms with Crippen molar-refractivity contribution < 1.29 is 4.79 Å². The van der Waals surface area contributed by atoms with E-state index in [1.165, 1.54) is 12.3 Å². The van der Waals surface area contributed by atoms with E-state index in [0.717, 1.165) is 0 Å². The number of carbonyl (C=O) groups is 1. The van der Waals surface area contributed by atoms with E-state index in [-0.39, 0.29) is 22.1 Å². The third kappa shape index (κ3) is 3.59. The van der Waals surface area contributed by atoms with Crippen molar-refractivity contribution in [3.63, 3.8) is 0 Å². The number of halogens is 2. The molecule has 0 saturated heterocycles. The molecule has 0 fully saturated rings. The Labute approximate surface area is 116 Å². The molecule has 0 spiro atoms. The summed E-state index contributed by atoms with van der Waals surface area (Å²) >= 11 is 11.5. The maximum atomic E-state index is 12.2. The van der Waals surface area contributed by atoms with Gasteiger partial charge in [0.05, 0.1) is 23.1 Å². The van der Waals surface area contributed by atoms with Gasteiger partial charge in [0.1, 0.15) is 5.15 Å². The minimum Gasteiger partial charge on any atom is -0.335 e. The quantitative estimate of drug-likeness (QED) is 0.799. The summed E-state index contributed by atoms with van der Waals surface area (Å²) in [5.41, 5.74) is 0.371. The average molecular weight is 286 g/mol. The lowest BCUT2D eigenvalue weighted by molar-refractivity contribution is 0.0710. The van der Waals surface area contributed by atoms with Crippen LogP contribution in [0, 0.1) is 11.3 Å². The standard InChI is InChI=1S/C12H13Cl2N3O/c1-8(2)17(5-3-4-15)12(18)9-6-10(13)11(14)16-7-9/h6-8H,3,5H2,1-2H3. The molecule has 18 heavy (non-hydrogen) atoms. The summed E-state index contributed by atoms with van der Waals surface area (Å²) in [7, 11) is 0. The average Bonchev–Trinajstić information content (AvgIpc) is 2.32. The van der Waals surface area contributed by atoms with Gasteiger partial charge in [-0.25, -0.2) is 4.98 Å². The monoisotopic (exact) mass is 285 g/mol. The first-order valence-corrected chi connectivity index (χ1v) is 6.22. The fraction of sp³-hybridized carbons (Fsp3) is 0.417. The van der Waals surface area contributed by atoms with Crippen molar-refractivity contribution >= 4 is 29.1 Å². The Hall–Kier alpha value is -1.31. The first kappa shape index (κ1) is 14.7. The van der Waals surface area contributed by atoms with Crippen molar-refractivity contribution in [1.29, 1.82) is 5.26 Å². The van der Waals surface area contributed by atoms with Crippen LogP contribution in [0.25, 0.3) is 0 Å². The van der Waals surface area contributed by atoms with Crippen LogP contribution in [0.2, 0.25) is 10.2 Å². The van der Waals surface area contributed by atoms with Gasteiger partial charge < -0.3 is 4.90 Å². The van der Waals surface area contributed by atoms with Crippen molar-refractivity contribution in [2.75, 3.05) is 6.54 Å². The summed E-state index contributed by atoms with van der Waals surface area (Å²) < 4.78 is 0. The molecule has 4 nitrogen and oxygen atoms in total. The predicted molar refractivity (Wildman–Crippen MR) is 70.7 cm³/mol. The number of aromatic nitrogens is 1. The fourth-order valence-electron chi connectivity index (χ4n) is 1.47. The van der Waals surface area contributed by atoms with E-state index in [1.54, 1.807) is 4.90 Å². The zero-order valence-corrected chi connectivity index (χ0v) is 11.7. The lowest BCUT2D eigenvalue weighted by Gasteiger charge is -2.25. The summed E-state index contributed by atoms with van der Waals surface area (Å²) in [4.78, 5) is 17.7. The molecule has 0 bridgehead atoms. The molecule has 1 aromatic heterocycles. The van der Waals surface area contributed by atoms with Gasteiger partial charge in [0, 0.05) is 18.8 Å². The number of carbonyl (C=O) groups excluding carboxylic acids is 1. The highest BCUT2D eigenvalue weighted by Crippen LogP contribution is 2.21. The Balaban J connectivity index is 2.95. The first-order chi connectivity index (χ1) is 8.47. The second-order valence-corrected chi connectivity index (χ2v) is 4.76. The van der Waals surface area contributed by atoms with Crippen molar-refractivity contribution in [2.24, 2.45) is 0 Å². The van der Waals surface area contributed by atoms with Crippen LogP contribution in [-0.4, -0.2) is 28.4 Å². The van der Waals surface area contributed by atoms with E-state index in [1.807, 2.05) is 19.9 Å². The van der Waals surface area contributed by atoms with Crippen LogP contribution in [-0.2, 0) is 0 Å². The Bertz CT molecular complexity index is 483. The number of pyridine rings is 1. The highest BCUT2D eigenvalue weighted by atomic mass is 35.5. The van der Waals surface area contributed by atoms with E-state index in [0.29, 0.717) is 18.5 Å². The molecule has 1 amide bonds. The number of hydrogen-bond acceptors (Lipinski definition) is 3. The molecule has 0 unspecified atom stereocenters. The van der Waals surface area contributed by atoms with Gasteiger partial charge in [-0.05, 0) is 19.9 Å². The largest absolute Gasteiger partial charge is 0.335 e. The molecular weight excluding hydrogens is 273 g/mol. The highest BCUT2D eigenvalue weighted by Gasteiger charge is 2.19. The molecule has 1 heterocycles. The summed E-state index contributed by atoms with van der Waals surface area (Å²) in [5.74, 6) is -0.202. The second-order valence-electron chi connectivity index (χ2n) is 4.00. The number of nitriles is 1. The van der Waals surface area contributed by atoms with E-state index >= 15 is 0 Å².